The number of hydrogen-bond donors (Lipinski definition) is 7. The van der Waals surface area contributed by atoms with E-state index in [-0.39, 0.29) is 17.9 Å². The van der Waals surface area contributed by atoms with Gasteiger partial charge in [-0.05, 0) is 36.6 Å². The van der Waals surface area contributed by atoms with Crippen molar-refractivity contribution in [3.63, 3.8) is 0 Å². The van der Waals surface area contributed by atoms with E-state index < -0.39 is 63.8 Å². The summed E-state index contributed by atoms with van der Waals surface area (Å²) in [5.74, 6) is 0.531. The smallest absolute Gasteiger partial charge is 0.361 e. The summed E-state index contributed by atoms with van der Waals surface area (Å²) in [5, 5.41) is 45.1. The molecule has 2 aromatic rings. The second-order valence-corrected chi connectivity index (χ2v) is 11.5. The third-order valence-electron chi connectivity index (χ3n) is 6.72. The van der Waals surface area contributed by atoms with E-state index >= 15 is 0 Å². The molecule has 0 spiro atoms. The van der Waals surface area contributed by atoms with Gasteiger partial charge in [-0.2, -0.15) is 4.98 Å². The maximum atomic E-state index is 12.1. The highest BCUT2D eigenvalue weighted by Crippen LogP contribution is 2.51. The van der Waals surface area contributed by atoms with Crippen molar-refractivity contribution in [2.75, 3.05) is 38.4 Å². The quantitative estimate of drug-likeness (QED) is 0.131. The molecule has 2 aromatic heterocycles. The number of aliphatic hydroxyl groups is 4. The van der Waals surface area contributed by atoms with Crippen molar-refractivity contribution in [3.05, 3.63) is 23.1 Å². The van der Waals surface area contributed by atoms with Crippen molar-refractivity contribution in [3.8, 4) is 0 Å². The summed E-state index contributed by atoms with van der Waals surface area (Å²) in [6, 6.07) is 3.64. The molecule has 3 heterocycles. The topological polar surface area (TPSA) is 208 Å². The Bertz CT molecular complexity index is 1110. The summed E-state index contributed by atoms with van der Waals surface area (Å²) in [7, 11) is -5.08. The zero-order valence-corrected chi connectivity index (χ0v) is 21.5. The molecule has 14 nitrogen and oxygen atoms in total. The van der Waals surface area contributed by atoms with Gasteiger partial charge in [0.25, 0.3) is 0 Å². The van der Waals surface area contributed by atoms with E-state index in [0.717, 1.165) is 25.7 Å². The number of nitrogens with zero attached hydrogens (tertiary/aromatic N) is 3. The van der Waals surface area contributed by atoms with E-state index in [4.69, 9.17) is 30.9 Å². The van der Waals surface area contributed by atoms with Crippen LogP contribution in [0.1, 0.15) is 37.5 Å². The number of hydrogen-bond acceptors (Lipinski definition) is 11. The van der Waals surface area contributed by atoms with Gasteiger partial charge in [0.2, 0.25) is 10.6 Å². The predicted molar refractivity (Wildman–Crippen MR) is 129 cm³/mol. The largest absolute Gasteiger partial charge is 0.394 e. The minimum absolute atomic E-state index is 0.0318. The fourth-order valence-electron chi connectivity index (χ4n) is 4.63. The average molecular weight is 567 g/mol. The number of aromatic nitrogens is 3. The number of rotatable bonds is 12. The van der Waals surface area contributed by atoms with Crippen molar-refractivity contribution < 1.29 is 49.0 Å². The van der Waals surface area contributed by atoms with Gasteiger partial charge in [0.1, 0.15) is 29.9 Å². The van der Waals surface area contributed by atoms with Crippen LogP contribution in [0.4, 0.5) is 5.82 Å². The lowest BCUT2D eigenvalue weighted by Crippen LogP contribution is -2.45. The molecule has 0 amide bonds. The number of ether oxygens (including phenoxy) is 3. The first-order chi connectivity index (χ1) is 17.6. The maximum Gasteiger partial charge on any atom is 0.361 e. The minimum Gasteiger partial charge on any atom is -0.394 e. The normalized spacial score (nSPS) is 26.7. The van der Waals surface area contributed by atoms with Crippen molar-refractivity contribution in [1.82, 2.24) is 14.6 Å². The highest BCUT2D eigenvalue weighted by Gasteiger charge is 2.51. The first-order valence-electron chi connectivity index (χ1n) is 11.9. The Balaban J connectivity index is 1.53. The molecule has 1 aliphatic heterocycles. The third-order valence-corrected chi connectivity index (χ3v) is 8.34. The molecule has 37 heavy (non-hydrogen) atoms. The summed E-state index contributed by atoms with van der Waals surface area (Å²) < 4.78 is 29.8. The van der Waals surface area contributed by atoms with E-state index in [1.165, 1.54) is 4.52 Å². The van der Waals surface area contributed by atoms with Crippen LogP contribution in [0.25, 0.3) is 5.52 Å². The molecule has 2 fully saturated rings. The zero-order chi connectivity index (χ0) is 26.8. The van der Waals surface area contributed by atoms with Gasteiger partial charge in [-0.15, -0.1) is 5.10 Å². The fraction of sp³-hybridized carbons (Fsp3) is 0.714. The van der Waals surface area contributed by atoms with Gasteiger partial charge >= 0.3 is 7.60 Å². The Labute approximate surface area is 217 Å². The predicted octanol–water partition coefficient (Wildman–Crippen LogP) is -0.209. The maximum absolute atomic E-state index is 12.1. The van der Waals surface area contributed by atoms with E-state index in [2.05, 4.69) is 15.4 Å². The molecular weight excluding hydrogens is 535 g/mol. The second-order valence-electron chi connectivity index (χ2n) is 9.22. The van der Waals surface area contributed by atoms with Gasteiger partial charge in [-0.3, -0.25) is 4.57 Å². The first kappa shape index (κ1) is 28.6. The standard InChI is InChI=1S/C21H32ClN4O10P/c22-20-24-19(23-12-3-1-2-4-12)14-6-5-13(26(14)25-20)18-17(30)16(29)15(36-18)9-35-21(10-28,37(31,32)33)11-34-8-7-27/h5-6,12,15-18,27-30H,1-4,7-11H2,(H,23,24,25)(H2,31,32,33)/t15-,16-,17-,18+,21?/m1/s1. The molecule has 16 heteroatoms. The van der Waals surface area contributed by atoms with Crippen LogP contribution in [0, 0.1) is 0 Å². The van der Waals surface area contributed by atoms with Crippen molar-refractivity contribution in [2.24, 2.45) is 0 Å². The molecular formula is C21H32ClN4O10P. The number of halogens is 1. The number of aliphatic hydroxyl groups excluding tert-OH is 4. The van der Waals surface area contributed by atoms with E-state index in [0.29, 0.717) is 17.0 Å². The minimum atomic E-state index is -5.08. The Morgan fingerprint density at radius 3 is 2.59 bits per heavy atom. The summed E-state index contributed by atoms with van der Waals surface area (Å²) in [6.45, 7) is -3.06. The van der Waals surface area contributed by atoms with Crippen LogP contribution in [0.15, 0.2) is 12.1 Å². The molecule has 2 aliphatic rings. The van der Waals surface area contributed by atoms with Crippen LogP contribution in [-0.2, 0) is 18.8 Å². The molecule has 208 valence electrons. The van der Waals surface area contributed by atoms with Crippen LogP contribution in [-0.4, -0.2) is 108 Å². The van der Waals surface area contributed by atoms with E-state index in [1.807, 2.05) is 0 Å². The van der Waals surface area contributed by atoms with Crippen LogP contribution in [0.3, 0.4) is 0 Å². The highest BCUT2D eigenvalue weighted by atomic mass is 35.5. The van der Waals surface area contributed by atoms with E-state index in [1.54, 1.807) is 12.1 Å². The fourth-order valence-corrected chi connectivity index (χ4v) is 5.48. The SMILES string of the molecule is O=P(O)(O)C(CO)(COCCO)OC[C@H]1O[C@@H](c2ccc3c(NC4CCCC4)nc(Cl)nn23)[C@H](O)[C@@H]1O. The molecule has 1 unspecified atom stereocenters. The first-order valence-corrected chi connectivity index (χ1v) is 13.9. The summed E-state index contributed by atoms with van der Waals surface area (Å²) in [5.41, 5.74) is 0.968. The lowest BCUT2D eigenvalue weighted by atomic mass is 10.1. The molecule has 0 aromatic carbocycles. The van der Waals surface area contributed by atoms with Crippen molar-refractivity contribution in [1.29, 1.82) is 0 Å². The van der Waals surface area contributed by atoms with E-state index in [9.17, 15) is 29.7 Å². The molecule has 0 radical (unpaired) electrons. The summed E-state index contributed by atoms with van der Waals surface area (Å²) >= 11 is 6.17. The Hall–Kier alpha value is -1.42. The molecule has 5 atom stereocenters. The van der Waals surface area contributed by atoms with Crippen LogP contribution in [0.2, 0.25) is 5.28 Å². The van der Waals surface area contributed by atoms with Crippen molar-refractivity contribution in [2.45, 2.75) is 61.5 Å². The van der Waals surface area contributed by atoms with Gasteiger partial charge in [-0.25, -0.2) is 4.52 Å². The number of anilines is 1. The summed E-state index contributed by atoms with van der Waals surface area (Å²) in [6.07, 6.45) is -0.963. The molecule has 1 aliphatic carbocycles. The van der Waals surface area contributed by atoms with Gasteiger partial charge in [0.05, 0.1) is 38.7 Å². The van der Waals surface area contributed by atoms with Gasteiger partial charge in [-0.1, -0.05) is 12.8 Å². The summed E-state index contributed by atoms with van der Waals surface area (Å²) in [4.78, 5) is 23.9. The Morgan fingerprint density at radius 2 is 1.95 bits per heavy atom. The van der Waals surface area contributed by atoms with Crippen LogP contribution >= 0.6 is 19.2 Å². The number of nitrogens with one attached hydrogen (secondary N) is 1. The molecule has 7 N–H and O–H groups in total. The van der Waals surface area contributed by atoms with Crippen molar-refractivity contribution >= 4 is 30.5 Å². The lowest BCUT2D eigenvalue weighted by Gasteiger charge is -2.33. The second kappa shape index (κ2) is 11.8. The van der Waals surface area contributed by atoms with Gasteiger partial charge in [0, 0.05) is 6.04 Å². The van der Waals surface area contributed by atoms with Gasteiger partial charge in [0.15, 0.2) is 5.82 Å². The van der Waals surface area contributed by atoms with Crippen LogP contribution < -0.4 is 5.32 Å². The zero-order valence-electron chi connectivity index (χ0n) is 19.9. The van der Waals surface area contributed by atoms with Crippen LogP contribution in [0.5, 0.6) is 0 Å². The Kier molecular flexibility index (Phi) is 9.09. The number of fused-ring (bicyclic) bond motifs is 1. The highest BCUT2D eigenvalue weighted by molar-refractivity contribution is 7.53. The average Bonchev–Trinajstić information content (AvgIpc) is 3.57. The molecule has 0 bridgehead atoms. The molecule has 1 saturated carbocycles. The third kappa shape index (κ3) is 5.94. The lowest BCUT2D eigenvalue weighted by molar-refractivity contribution is -0.125. The monoisotopic (exact) mass is 566 g/mol. The molecule has 4 rings (SSSR count). The van der Waals surface area contributed by atoms with Gasteiger partial charge < -0.3 is 49.7 Å². The molecule has 1 saturated heterocycles. The Morgan fingerprint density at radius 1 is 1.22 bits per heavy atom.